The zero-order chi connectivity index (χ0) is 22.0. The second-order valence-electron chi connectivity index (χ2n) is 6.16. The van der Waals surface area contributed by atoms with Crippen molar-refractivity contribution in [2.75, 3.05) is 14.2 Å². The molecule has 0 aliphatic rings. The topological polar surface area (TPSA) is 122 Å². The average molecular weight is 414 g/mol. The first-order chi connectivity index (χ1) is 14.3. The van der Waals surface area contributed by atoms with E-state index >= 15 is 0 Å². The van der Waals surface area contributed by atoms with Gasteiger partial charge in [-0.3, -0.25) is 14.4 Å². The van der Waals surface area contributed by atoms with E-state index in [1.807, 2.05) is 0 Å². The van der Waals surface area contributed by atoms with Crippen LogP contribution in [0.1, 0.15) is 13.8 Å². The molecule has 1 aromatic heterocycles. The van der Waals surface area contributed by atoms with Gasteiger partial charge in [-0.05, 0) is 17.7 Å². The maximum Gasteiger partial charge on any atom is 0.308 e. The fraction of sp³-hybridized carbons (Fsp3) is 0.190. The van der Waals surface area contributed by atoms with E-state index in [1.54, 1.807) is 0 Å². The van der Waals surface area contributed by atoms with Crippen molar-refractivity contribution in [3.63, 3.8) is 0 Å². The Kier molecular flexibility index (Phi) is 5.63. The predicted octanol–water partition coefficient (Wildman–Crippen LogP) is 3.03. The fourth-order valence-corrected chi connectivity index (χ4v) is 2.89. The normalized spacial score (nSPS) is 10.5. The number of carbonyl (C=O) groups is 2. The fourth-order valence-electron chi connectivity index (χ4n) is 2.89. The van der Waals surface area contributed by atoms with Gasteiger partial charge in [0.05, 0.1) is 19.8 Å². The average Bonchev–Trinajstić information content (AvgIpc) is 2.69. The van der Waals surface area contributed by atoms with Gasteiger partial charge in [-0.15, -0.1) is 0 Å². The van der Waals surface area contributed by atoms with Gasteiger partial charge in [-0.2, -0.15) is 0 Å². The number of aromatic hydroxyl groups is 1. The molecule has 0 bridgehead atoms. The van der Waals surface area contributed by atoms with E-state index in [-0.39, 0.29) is 39.5 Å². The Morgan fingerprint density at radius 3 is 2.20 bits per heavy atom. The highest BCUT2D eigenvalue weighted by Gasteiger charge is 2.22. The summed E-state index contributed by atoms with van der Waals surface area (Å²) in [7, 11) is 2.70. The molecule has 1 heterocycles. The Morgan fingerprint density at radius 2 is 1.60 bits per heavy atom. The van der Waals surface area contributed by atoms with E-state index in [0.717, 1.165) is 6.92 Å². The first-order valence-corrected chi connectivity index (χ1v) is 8.67. The van der Waals surface area contributed by atoms with Gasteiger partial charge in [0.15, 0.2) is 23.0 Å². The molecule has 0 saturated carbocycles. The van der Waals surface area contributed by atoms with Crippen molar-refractivity contribution in [3.8, 4) is 39.9 Å². The number of methoxy groups -OCH3 is 2. The summed E-state index contributed by atoms with van der Waals surface area (Å²) >= 11 is 0. The number of phenols is 1. The molecule has 3 aromatic rings. The molecule has 9 nitrogen and oxygen atoms in total. The number of hydrogen-bond donors (Lipinski definition) is 1. The van der Waals surface area contributed by atoms with Gasteiger partial charge in [0, 0.05) is 19.9 Å². The summed E-state index contributed by atoms with van der Waals surface area (Å²) in [6.07, 6.45) is 1.22. The summed E-state index contributed by atoms with van der Waals surface area (Å²) in [4.78, 5) is 35.7. The van der Waals surface area contributed by atoms with Gasteiger partial charge < -0.3 is 28.5 Å². The van der Waals surface area contributed by atoms with E-state index in [1.165, 1.54) is 51.7 Å². The molecule has 2 aromatic carbocycles. The van der Waals surface area contributed by atoms with Crippen LogP contribution in [0.4, 0.5) is 0 Å². The highest BCUT2D eigenvalue weighted by Crippen LogP contribution is 2.42. The molecular formula is C21H18O9. The zero-order valence-corrected chi connectivity index (χ0v) is 16.6. The van der Waals surface area contributed by atoms with Gasteiger partial charge in [0.2, 0.25) is 11.2 Å². The molecule has 0 unspecified atom stereocenters. The number of fused-ring (bicyclic) bond motifs is 1. The van der Waals surface area contributed by atoms with Gasteiger partial charge >= 0.3 is 11.9 Å². The standard InChI is InChI=1S/C21H18O9/c1-10(22)29-14-6-5-12(7-15(14)26-3)13-9-28-16-8-17(27-4)21(30-11(2)23)20(25)18(16)19(13)24/h5-9,25H,1-4H3. The summed E-state index contributed by atoms with van der Waals surface area (Å²) in [5, 5.41) is 10.4. The molecule has 156 valence electrons. The largest absolute Gasteiger partial charge is 0.504 e. The quantitative estimate of drug-likeness (QED) is 0.496. The third-order valence-electron chi connectivity index (χ3n) is 4.15. The lowest BCUT2D eigenvalue weighted by atomic mass is 10.0. The van der Waals surface area contributed by atoms with Gasteiger partial charge in [0.25, 0.3) is 0 Å². The SMILES string of the molecule is COc1cc(-c2coc3cc(OC)c(OC(C)=O)c(O)c3c2=O)ccc1OC(C)=O. The second-order valence-corrected chi connectivity index (χ2v) is 6.16. The van der Waals surface area contributed by atoms with Gasteiger partial charge in [0.1, 0.15) is 17.2 Å². The Bertz CT molecular complexity index is 1210. The molecule has 1 N–H and O–H groups in total. The van der Waals surface area contributed by atoms with Crippen LogP contribution >= 0.6 is 0 Å². The zero-order valence-electron chi connectivity index (χ0n) is 16.6. The summed E-state index contributed by atoms with van der Waals surface area (Å²) < 4.78 is 25.9. The van der Waals surface area contributed by atoms with Crippen LogP contribution in [0.25, 0.3) is 22.1 Å². The molecule has 30 heavy (non-hydrogen) atoms. The van der Waals surface area contributed by atoms with E-state index in [2.05, 4.69) is 0 Å². The van der Waals surface area contributed by atoms with Crippen molar-refractivity contribution in [1.82, 2.24) is 0 Å². The van der Waals surface area contributed by atoms with E-state index in [0.29, 0.717) is 5.56 Å². The first-order valence-electron chi connectivity index (χ1n) is 8.67. The number of phenolic OH excluding ortho intramolecular Hbond substituents is 1. The van der Waals surface area contributed by atoms with Crippen LogP contribution in [-0.4, -0.2) is 31.3 Å². The van der Waals surface area contributed by atoms with Gasteiger partial charge in [-0.1, -0.05) is 6.07 Å². The number of carbonyl (C=O) groups excluding carboxylic acids is 2. The molecule has 0 aliphatic carbocycles. The van der Waals surface area contributed by atoms with Gasteiger partial charge in [-0.25, -0.2) is 0 Å². The molecule has 0 radical (unpaired) electrons. The van der Waals surface area contributed by atoms with Crippen LogP contribution in [0.2, 0.25) is 0 Å². The van der Waals surface area contributed by atoms with Crippen LogP contribution in [0.3, 0.4) is 0 Å². The van der Waals surface area contributed by atoms with Crippen molar-refractivity contribution in [3.05, 3.63) is 40.8 Å². The van der Waals surface area contributed by atoms with Crippen LogP contribution < -0.4 is 24.4 Å². The Labute approximate surface area is 170 Å². The summed E-state index contributed by atoms with van der Waals surface area (Å²) in [5.41, 5.74) is -0.0448. The van der Waals surface area contributed by atoms with E-state index < -0.39 is 23.1 Å². The maximum absolute atomic E-state index is 13.1. The third kappa shape index (κ3) is 3.77. The van der Waals surface area contributed by atoms with Crippen LogP contribution in [-0.2, 0) is 9.59 Å². The van der Waals surface area contributed by atoms with Crippen LogP contribution in [0.5, 0.6) is 28.7 Å². The first kappa shape index (κ1) is 20.7. The predicted molar refractivity (Wildman–Crippen MR) is 105 cm³/mol. The Hall–Kier alpha value is -4.01. The number of rotatable bonds is 5. The number of ether oxygens (including phenoxy) is 4. The number of benzene rings is 2. The Morgan fingerprint density at radius 1 is 0.933 bits per heavy atom. The molecule has 9 heteroatoms. The molecule has 0 fully saturated rings. The number of hydrogen-bond acceptors (Lipinski definition) is 9. The molecule has 0 spiro atoms. The molecule has 0 atom stereocenters. The minimum atomic E-state index is -0.700. The number of esters is 2. The van der Waals surface area contributed by atoms with E-state index in [4.69, 9.17) is 23.4 Å². The molecule has 0 aliphatic heterocycles. The van der Waals surface area contributed by atoms with Crippen LogP contribution in [0, 0.1) is 0 Å². The summed E-state index contributed by atoms with van der Waals surface area (Å²) in [6, 6.07) is 5.83. The van der Waals surface area contributed by atoms with E-state index in [9.17, 15) is 19.5 Å². The molecule has 3 rings (SSSR count). The third-order valence-corrected chi connectivity index (χ3v) is 4.15. The summed E-state index contributed by atoms with van der Waals surface area (Å²) in [5.74, 6) is -1.66. The minimum Gasteiger partial charge on any atom is -0.504 e. The maximum atomic E-state index is 13.1. The highest BCUT2D eigenvalue weighted by molar-refractivity contribution is 5.92. The second kappa shape index (κ2) is 8.16. The van der Waals surface area contributed by atoms with Crippen molar-refractivity contribution in [2.45, 2.75) is 13.8 Å². The van der Waals surface area contributed by atoms with Crippen molar-refractivity contribution < 1.29 is 38.1 Å². The summed E-state index contributed by atoms with van der Waals surface area (Å²) in [6.45, 7) is 2.40. The lowest BCUT2D eigenvalue weighted by Crippen LogP contribution is -2.09. The highest BCUT2D eigenvalue weighted by atomic mass is 16.6. The van der Waals surface area contributed by atoms with Crippen molar-refractivity contribution in [1.29, 1.82) is 0 Å². The van der Waals surface area contributed by atoms with Crippen molar-refractivity contribution in [2.24, 2.45) is 0 Å². The molecule has 0 saturated heterocycles. The monoisotopic (exact) mass is 414 g/mol. The lowest BCUT2D eigenvalue weighted by molar-refractivity contribution is -0.133. The Balaban J connectivity index is 2.22. The molecular weight excluding hydrogens is 396 g/mol. The molecule has 0 amide bonds. The lowest BCUT2D eigenvalue weighted by Gasteiger charge is -2.13. The minimum absolute atomic E-state index is 0.0264. The van der Waals surface area contributed by atoms with Crippen molar-refractivity contribution >= 4 is 22.9 Å². The van der Waals surface area contributed by atoms with Crippen LogP contribution in [0.15, 0.2) is 39.7 Å². The smallest absolute Gasteiger partial charge is 0.308 e.